The molecule has 0 saturated carbocycles. The highest BCUT2D eigenvalue weighted by Crippen LogP contribution is 2.26. The van der Waals surface area contributed by atoms with Gasteiger partial charge in [0.15, 0.2) is 0 Å². The van der Waals surface area contributed by atoms with E-state index in [4.69, 9.17) is 0 Å². The maximum absolute atomic E-state index is 13.9. The van der Waals surface area contributed by atoms with Crippen LogP contribution in [0.25, 0.3) is 0 Å². The second kappa shape index (κ2) is 13.7. The molecule has 9 heteroatoms. The van der Waals surface area contributed by atoms with Crippen LogP contribution >= 0.6 is 11.8 Å². The quantitative estimate of drug-likeness (QED) is 0.308. The van der Waals surface area contributed by atoms with E-state index in [0.717, 1.165) is 20.3 Å². The average molecular weight is 568 g/mol. The second-order valence-electron chi connectivity index (χ2n) is 9.84. The summed E-state index contributed by atoms with van der Waals surface area (Å²) < 4.78 is 28.9. The number of sulfonamides is 1. The number of carbonyl (C=O) groups is 2. The first-order valence-electron chi connectivity index (χ1n) is 12.9. The maximum atomic E-state index is 13.9. The van der Waals surface area contributed by atoms with Crippen molar-refractivity contribution in [3.05, 3.63) is 90.0 Å². The third-order valence-electron chi connectivity index (χ3n) is 6.30. The average Bonchev–Trinajstić information content (AvgIpc) is 2.93. The molecule has 0 radical (unpaired) electrons. The first-order chi connectivity index (χ1) is 18.5. The highest BCUT2D eigenvalue weighted by Gasteiger charge is 2.32. The van der Waals surface area contributed by atoms with Gasteiger partial charge in [-0.1, -0.05) is 61.9 Å². The van der Waals surface area contributed by atoms with Crippen LogP contribution in [-0.2, 0) is 26.2 Å². The SMILES string of the molecule is CSc1ccc(S(=O)(=O)N(CC(=O)N(Cc2ccccc2)[C@@H](C)C(=O)NCC(C)C)c2ccc(C)cc2)cc1. The lowest BCUT2D eigenvalue weighted by Gasteiger charge is -2.32. The lowest BCUT2D eigenvalue weighted by molar-refractivity contribution is -0.139. The van der Waals surface area contributed by atoms with Gasteiger partial charge in [-0.15, -0.1) is 11.8 Å². The van der Waals surface area contributed by atoms with Crippen LogP contribution in [0.5, 0.6) is 0 Å². The molecule has 0 aliphatic carbocycles. The second-order valence-corrected chi connectivity index (χ2v) is 12.6. The van der Waals surface area contributed by atoms with Gasteiger partial charge in [0.25, 0.3) is 10.0 Å². The predicted octanol–water partition coefficient (Wildman–Crippen LogP) is 5.10. The summed E-state index contributed by atoms with van der Waals surface area (Å²) in [6.07, 6.45) is 1.92. The van der Waals surface area contributed by atoms with Crippen molar-refractivity contribution >= 4 is 39.3 Å². The third-order valence-corrected chi connectivity index (χ3v) is 8.83. The van der Waals surface area contributed by atoms with Crippen molar-refractivity contribution in [2.24, 2.45) is 5.92 Å². The number of nitrogens with one attached hydrogen (secondary N) is 1. The van der Waals surface area contributed by atoms with Crippen molar-refractivity contribution in [1.82, 2.24) is 10.2 Å². The molecule has 3 aromatic carbocycles. The number of thioether (sulfide) groups is 1. The number of benzene rings is 3. The molecule has 2 amide bonds. The van der Waals surface area contributed by atoms with E-state index < -0.39 is 28.5 Å². The molecule has 1 N–H and O–H groups in total. The number of amides is 2. The Kier molecular flexibility index (Phi) is 10.6. The Balaban J connectivity index is 1.99. The fourth-order valence-electron chi connectivity index (χ4n) is 3.93. The normalized spacial score (nSPS) is 12.2. The molecule has 3 rings (SSSR count). The number of aryl methyl sites for hydroxylation is 1. The minimum Gasteiger partial charge on any atom is -0.354 e. The first-order valence-corrected chi connectivity index (χ1v) is 15.5. The van der Waals surface area contributed by atoms with E-state index in [1.807, 2.05) is 69.5 Å². The molecular formula is C30H37N3O4S2. The molecule has 0 unspecified atom stereocenters. The van der Waals surface area contributed by atoms with E-state index in [1.165, 1.54) is 16.7 Å². The molecule has 0 aliphatic heterocycles. The van der Waals surface area contributed by atoms with Crippen molar-refractivity contribution in [1.29, 1.82) is 0 Å². The van der Waals surface area contributed by atoms with E-state index in [9.17, 15) is 18.0 Å². The molecule has 39 heavy (non-hydrogen) atoms. The molecule has 208 valence electrons. The minimum atomic E-state index is -4.08. The van der Waals surface area contributed by atoms with Gasteiger partial charge in [0, 0.05) is 18.0 Å². The van der Waals surface area contributed by atoms with Gasteiger partial charge in [0.05, 0.1) is 10.6 Å². The third kappa shape index (κ3) is 8.10. The summed E-state index contributed by atoms with van der Waals surface area (Å²) in [6.45, 7) is 7.76. The minimum absolute atomic E-state index is 0.0889. The number of anilines is 1. The van der Waals surface area contributed by atoms with Crippen LogP contribution < -0.4 is 9.62 Å². The summed E-state index contributed by atoms with van der Waals surface area (Å²) in [5.41, 5.74) is 2.18. The Morgan fingerprint density at radius 1 is 0.897 bits per heavy atom. The van der Waals surface area contributed by atoms with Crippen LogP contribution in [0, 0.1) is 12.8 Å². The van der Waals surface area contributed by atoms with E-state index >= 15 is 0 Å². The standard InChI is InChI=1S/C30H37N3O4S2/c1-22(2)19-31-30(35)24(4)32(20-25-9-7-6-8-10-25)29(34)21-33(26-13-11-23(3)12-14-26)39(36,37)28-17-15-27(38-5)16-18-28/h6-18,22,24H,19-21H2,1-5H3,(H,31,35)/t24-/m0/s1. The Morgan fingerprint density at radius 3 is 2.08 bits per heavy atom. The van der Waals surface area contributed by atoms with Crippen LogP contribution in [0.2, 0.25) is 0 Å². The zero-order valence-electron chi connectivity index (χ0n) is 23.1. The zero-order valence-corrected chi connectivity index (χ0v) is 24.8. The van der Waals surface area contributed by atoms with Crippen molar-refractivity contribution < 1.29 is 18.0 Å². The summed E-state index contributed by atoms with van der Waals surface area (Å²) >= 11 is 1.51. The Morgan fingerprint density at radius 2 is 1.51 bits per heavy atom. The fraction of sp³-hybridized carbons (Fsp3) is 0.333. The van der Waals surface area contributed by atoms with Crippen LogP contribution in [0.1, 0.15) is 31.9 Å². The van der Waals surface area contributed by atoms with Gasteiger partial charge >= 0.3 is 0 Å². The summed E-state index contributed by atoms with van der Waals surface area (Å²) in [4.78, 5) is 29.4. The Labute approximate surface area is 236 Å². The topological polar surface area (TPSA) is 86.8 Å². The zero-order chi connectivity index (χ0) is 28.6. The summed E-state index contributed by atoms with van der Waals surface area (Å²) in [6, 6.07) is 22.1. The van der Waals surface area contributed by atoms with Gasteiger partial charge < -0.3 is 10.2 Å². The smallest absolute Gasteiger partial charge is 0.264 e. The van der Waals surface area contributed by atoms with Gasteiger partial charge in [-0.2, -0.15) is 0 Å². The molecule has 3 aromatic rings. The summed E-state index contributed by atoms with van der Waals surface area (Å²) in [5.74, 6) is -0.514. The molecule has 7 nitrogen and oxygen atoms in total. The number of carbonyl (C=O) groups excluding carboxylic acids is 2. The van der Waals surface area contributed by atoms with E-state index in [2.05, 4.69) is 5.32 Å². The highest BCUT2D eigenvalue weighted by atomic mass is 32.2. The lowest BCUT2D eigenvalue weighted by Crippen LogP contribution is -2.51. The van der Waals surface area contributed by atoms with Gasteiger partial charge in [0.1, 0.15) is 12.6 Å². The van der Waals surface area contributed by atoms with E-state index in [-0.39, 0.29) is 23.3 Å². The molecule has 0 fully saturated rings. The number of hydrogen-bond donors (Lipinski definition) is 1. The molecule has 1 atom stereocenters. The molecule has 0 bridgehead atoms. The van der Waals surface area contributed by atoms with Crippen LogP contribution in [-0.4, -0.2) is 50.5 Å². The van der Waals surface area contributed by atoms with Gasteiger partial charge in [0.2, 0.25) is 11.8 Å². The predicted molar refractivity (Wildman–Crippen MR) is 158 cm³/mol. The van der Waals surface area contributed by atoms with Crippen molar-refractivity contribution in [2.45, 2.75) is 50.1 Å². The van der Waals surface area contributed by atoms with E-state index in [0.29, 0.717) is 12.2 Å². The molecule has 0 heterocycles. The van der Waals surface area contributed by atoms with E-state index in [1.54, 1.807) is 43.3 Å². The molecule has 0 spiro atoms. The van der Waals surface area contributed by atoms with Crippen molar-refractivity contribution in [3.8, 4) is 0 Å². The first kappa shape index (κ1) is 30.2. The number of rotatable bonds is 12. The van der Waals surface area contributed by atoms with Gasteiger partial charge in [-0.25, -0.2) is 8.42 Å². The van der Waals surface area contributed by atoms with Crippen LogP contribution in [0.3, 0.4) is 0 Å². The fourth-order valence-corrected chi connectivity index (χ4v) is 5.75. The van der Waals surface area contributed by atoms with Gasteiger partial charge in [-0.3, -0.25) is 13.9 Å². The number of nitrogens with zero attached hydrogens (tertiary/aromatic N) is 2. The number of hydrogen-bond acceptors (Lipinski definition) is 5. The monoisotopic (exact) mass is 567 g/mol. The van der Waals surface area contributed by atoms with Crippen LogP contribution in [0.15, 0.2) is 88.7 Å². The van der Waals surface area contributed by atoms with Crippen LogP contribution in [0.4, 0.5) is 5.69 Å². The highest BCUT2D eigenvalue weighted by molar-refractivity contribution is 7.98. The Hall–Kier alpha value is -3.30. The van der Waals surface area contributed by atoms with Crippen molar-refractivity contribution in [2.75, 3.05) is 23.7 Å². The molecule has 0 saturated heterocycles. The van der Waals surface area contributed by atoms with Gasteiger partial charge in [-0.05, 0) is 68.0 Å². The molecule has 0 aromatic heterocycles. The lowest BCUT2D eigenvalue weighted by atomic mass is 10.1. The summed E-state index contributed by atoms with van der Waals surface area (Å²) in [5, 5.41) is 2.89. The molecule has 0 aliphatic rings. The van der Waals surface area contributed by atoms with Crippen molar-refractivity contribution in [3.63, 3.8) is 0 Å². The molecular weight excluding hydrogens is 530 g/mol. The largest absolute Gasteiger partial charge is 0.354 e. The summed E-state index contributed by atoms with van der Waals surface area (Å²) in [7, 11) is -4.08. The maximum Gasteiger partial charge on any atom is 0.264 e. The Bertz CT molecular complexity index is 1340.